The number of carbonyl (C=O) groups excluding carboxylic acids is 1. The summed E-state index contributed by atoms with van der Waals surface area (Å²) in [5.74, 6) is -0.414. The SMILES string of the molecule is O=C(c1cc(F)cc2c1NCCC2)N1CC(c2cc(=O)[nH][nH]2)C1. The van der Waals surface area contributed by atoms with Crippen molar-refractivity contribution in [1.82, 2.24) is 15.1 Å². The zero-order chi connectivity index (χ0) is 16.0. The van der Waals surface area contributed by atoms with E-state index in [2.05, 4.69) is 15.5 Å². The van der Waals surface area contributed by atoms with Crippen LogP contribution in [0.4, 0.5) is 10.1 Å². The molecule has 120 valence electrons. The minimum atomic E-state index is -0.372. The van der Waals surface area contributed by atoms with Crippen LogP contribution in [0.25, 0.3) is 0 Å². The van der Waals surface area contributed by atoms with Crippen molar-refractivity contribution < 1.29 is 9.18 Å². The third-order valence-electron chi connectivity index (χ3n) is 4.57. The highest BCUT2D eigenvalue weighted by atomic mass is 19.1. The number of aryl methyl sites for hydroxylation is 1. The van der Waals surface area contributed by atoms with Crippen molar-refractivity contribution in [2.24, 2.45) is 0 Å². The summed E-state index contributed by atoms with van der Waals surface area (Å²) in [5, 5.41) is 8.54. The number of nitrogens with zero attached hydrogens (tertiary/aromatic N) is 1. The zero-order valence-electron chi connectivity index (χ0n) is 12.5. The summed E-state index contributed by atoms with van der Waals surface area (Å²) in [5.41, 5.74) is 2.67. The summed E-state index contributed by atoms with van der Waals surface area (Å²) in [7, 11) is 0. The van der Waals surface area contributed by atoms with Gasteiger partial charge in [-0.05, 0) is 30.5 Å². The number of amides is 1. The molecule has 1 fully saturated rings. The van der Waals surface area contributed by atoms with Gasteiger partial charge in [0, 0.05) is 37.3 Å². The highest BCUT2D eigenvalue weighted by Crippen LogP contribution is 2.32. The van der Waals surface area contributed by atoms with Crippen molar-refractivity contribution in [3.8, 4) is 0 Å². The molecular formula is C16H17FN4O2. The summed E-state index contributed by atoms with van der Waals surface area (Å²) in [6.45, 7) is 1.85. The van der Waals surface area contributed by atoms with Crippen LogP contribution in [0, 0.1) is 5.82 Å². The van der Waals surface area contributed by atoms with Gasteiger partial charge in [-0.2, -0.15) is 0 Å². The minimum absolute atomic E-state index is 0.121. The molecule has 1 aromatic carbocycles. The Morgan fingerprint density at radius 1 is 1.22 bits per heavy atom. The molecule has 0 radical (unpaired) electrons. The van der Waals surface area contributed by atoms with Crippen molar-refractivity contribution in [2.75, 3.05) is 25.0 Å². The zero-order valence-corrected chi connectivity index (χ0v) is 12.5. The molecule has 2 aliphatic rings. The van der Waals surface area contributed by atoms with Crippen molar-refractivity contribution in [1.29, 1.82) is 0 Å². The number of carbonyl (C=O) groups is 1. The number of aromatic nitrogens is 2. The number of nitrogens with one attached hydrogen (secondary N) is 3. The molecule has 3 heterocycles. The summed E-state index contributed by atoms with van der Waals surface area (Å²) >= 11 is 0. The molecule has 4 rings (SSSR count). The van der Waals surface area contributed by atoms with Crippen LogP contribution < -0.4 is 10.9 Å². The van der Waals surface area contributed by atoms with Gasteiger partial charge in [0.25, 0.3) is 11.5 Å². The fourth-order valence-electron chi connectivity index (χ4n) is 3.31. The molecule has 2 aliphatic heterocycles. The average Bonchev–Trinajstić information content (AvgIpc) is 2.91. The van der Waals surface area contributed by atoms with E-state index in [-0.39, 0.29) is 23.2 Å². The van der Waals surface area contributed by atoms with E-state index in [1.807, 2.05) is 0 Å². The standard InChI is InChI=1S/C16H17FN4O2/c17-11-4-9-2-1-3-18-15(9)12(5-11)16(23)21-7-10(8-21)13-6-14(22)20-19-13/h4-6,10,18H,1-3,7-8H2,(H2,19,20,22). The number of likely N-dealkylation sites (tertiary alicyclic amines) is 1. The van der Waals surface area contributed by atoms with Crippen LogP contribution in [0.15, 0.2) is 23.0 Å². The topological polar surface area (TPSA) is 81.0 Å². The molecule has 7 heteroatoms. The van der Waals surface area contributed by atoms with Gasteiger partial charge < -0.3 is 15.3 Å². The first-order valence-electron chi connectivity index (χ1n) is 7.75. The number of anilines is 1. The third-order valence-corrected chi connectivity index (χ3v) is 4.57. The summed E-state index contributed by atoms with van der Waals surface area (Å²) in [6.07, 6.45) is 1.73. The van der Waals surface area contributed by atoms with Crippen LogP contribution in [-0.4, -0.2) is 40.6 Å². The fraction of sp³-hybridized carbons (Fsp3) is 0.375. The van der Waals surface area contributed by atoms with Crippen molar-refractivity contribution in [3.63, 3.8) is 0 Å². The molecule has 6 nitrogen and oxygen atoms in total. The van der Waals surface area contributed by atoms with Crippen molar-refractivity contribution in [2.45, 2.75) is 18.8 Å². The van der Waals surface area contributed by atoms with Gasteiger partial charge in [-0.1, -0.05) is 0 Å². The number of fused-ring (bicyclic) bond motifs is 1. The molecule has 0 spiro atoms. The first-order valence-corrected chi connectivity index (χ1v) is 7.75. The summed E-state index contributed by atoms with van der Waals surface area (Å²) < 4.78 is 13.8. The van der Waals surface area contributed by atoms with E-state index >= 15 is 0 Å². The molecule has 0 saturated carbocycles. The second-order valence-corrected chi connectivity index (χ2v) is 6.14. The Morgan fingerprint density at radius 2 is 2.04 bits per heavy atom. The Kier molecular flexibility index (Phi) is 3.21. The number of halogens is 1. The van der Waals surface area contributed by atoms with Gasteiger partial charge in [-0.25, -0.2) is 4.39 Å². The van der Waals surface area contributed by atoms with Gasteiger partial charge in [0.15, 0.2) is 0 Å². The second kappa shape index (κ2) is 5.26. The van der Waals surface area contributed by atoms with E-state index < -0.39 is 0 Å². The fourth-order valence-corrected chi connectivity index (χ4v) is 3.31. The number of hydrogen-bond acceptors (Lipinski definition) is 3. The van der Waals surface area contributed by atoms with Gasteiger partial charge in [0.1, 0.15) is 5.82 Å². The van der Waals surface area contributed by atoms with Crippen molar-refractivity contribution >= 4 is 11.6 Å². The number of benzene rings is 1. The smallest absolute Gasteiger partial charge is 0.264 e. The maximum atomic E-state index is 13.8. The molecule has 3 N–H and O–H groups in total. The molecule has 1 saturated heterocycles. The molecule has 1 aromatic heterocycles. The maximum absolute atomic E-state index is 13.8. The molecule has 1 amide bonds. The normalized spacial score (nSPS) is 17.3. The first kappa shape index (κ1) is 14.0. The molecule has 0 unspecified atom stereocenters. The minimum Gasteiger partial charge on any atom is -0.384 e. The average molecular weight is 316 g/mol. The Bertz CT molecular complexity index is 820. The Labute approximate surface area is 131 Å². The number of H-pyrrole nitrogens is 2. The van der Waals surface area contributed by atoms with Gasteiger partial charge >= 0.3 is 0 Å². The van der Waals surface area contributed by atoms with E-state index in [4.69, 9.17) is 0 Å². The number of hydrogen-bond donors (Lipinski definition) is 3. The lowest BCUT2D eigenvalue weighted by Crippen LogP contribution is -2.48. The first-order chi connectivity index (χ1) is 11.1. The molecule has 23 heavy (non-hydrogen) atoms. The van der Waals surface area contributed by atoms with Gasteiger partial charge in [-0.3, -0.25) is 14.7 Å². The van der Waals surface area contributed by atoms with E-state index in [0.29, 0.717) is 18.7 Å². The highest BCUT2D eigenvalue weighted by Gasteiger charge is 2.35. The predicted octanol–water partition coefficient (Wildman–Crippen LogP) is 1.44. The quantitative estimate of drug-likeness (QED) is 0.784. The lowest BCUT2D eigenvalue weighted by Gasteiger charge is -2.39. The Balaban J connectivity index is 1.54. The second-order valence-electron chi connectivity index (χ2n) is 6.14. The van der Waals surface area contributed by atoms with Gasteiger partial charge in [0.2, 0.25) is 0 Å². The van der Waals surface area contributed by atoms with E-state index in [1.165, 1.54) is 18.2 Å². The van der Waals surface area contributed by atoms with Gasteiger partial charge in [-0.15, -0.1) is 0 Å². The highest BCUT2D eigenvalue weighted by molar-refractivity contribution is 6.01. The summed E-state index contributed by atoms with van der Waals surface area (Å²) in [6, 6.07) is 4.32. The van der Waals surface area contributed by atoms with E-state index in [1.54, 1.807) is 4.90 Å². The number of rotatable bonds is 2. The Morgan fingerprint density at radius 3 is 2.78 bits per heavy atom. The van der Waals surface area contributed by atoms with E-state index in [9.17, 15) is 14.0 Å². The van der Waals surface area contributed by atoms with Crippen LogP contribution in [0.2, 0.25) is 0 Å². The molecule has 0 atom stereocenters. The largest absolute Gasteiger partial charge is 0.384 e. The molecule has 0 bridgehead atoms. The lowest BCUT2D eigenvalue weighted by molar-refractivity contribution is 0.0599. The Hall–Kier alpha value is -2.57. The van der Waals surface area contributed by atoms with Gasteiger partial charge in [0.05, 0.1) is 11.3 Å². The van der Waals surface area contributed by atoms with Crippen LogP contribution in [0.1, 0.15) is 34.0 Å². The maximum Gasteiger partial charge on any atom is 0.264 e. The molecule has 2 aromatic rings. The monoisotopic (exact) mass is 316 g/mol. The molecule has 0 aliphatic carbocycles. The van der Waals surface area contributed by atoms with Crippen molar-refractivity contribution in [3.05, 3.63) is 51.2 Å². The van der Waals surface area contributed by atoms with Crippen LogP contribution >= 0.6 is 0 Å². The van der Waals surface area contributed by atoms with Crippen LogP contribution in [0.3, 0.4) is 0 Å². The lowest BCUT2D eigenvalue weighted by atomic mass is 9.93. The van der Waals surface area contributed by atoms with Crippen LogP contribution in [-0.2, 0) is 6.42 Å². The van der Waals surface area contributed by atoms with E-state index in [0.717, 1.165) is 36.3 Å². The predicted molar refractivity (Wildman–Crippen MR) is 83.3 cm³/mol. The number of aromatic amines is 2. The third kappa shape index (κ3) is 2.42. The van der Waals surface area contributed by atoms with Crippen LogP contribution in [0.5, 0.6) is 0 Å². The summed E-state index contributed by atoms with van der Waals surface area (Å²) in [4.78, 5) is 25.5. The molecular weight excluding hydrogens is 299 g/mol.